The quantitative estimate of drug-likeness (QED) is 0.176. The molecule has 0 radical (unpaired) electrons. The second-order valence-corrected chi connectivity index (χ2v) is 10.2. The molecule has 36 heavy (non-hydrogen) atoms. The van der Waals surface area contributed by atoms with Crippen LogP contribution >= 0.6 is 24.4 Å². The van der Waals surface area contributed by atoms with Gasteiger partial charge >= 0.3 is 5.97 Å². The van der Waals surface area contributed by atoms with E-state index in [4.69, 9.17) is 5.73 Å². The molecule has 0 spiro atoms. The number of amides is 3. The topological polar surface area (TPSA) is 166 Å². The Hall–Kier alpha value is -2.70. The number of carbonyl (C=O) groups is 4. The number of fused-ring (bicyclic) bond motifs is 1. The number of nitrogens with two attached hydrogens (primary N) is 1. The Labute approximate surface area is 220 Å². The Morgan fingerprint density at radius 2 is 1.72 bits per heavy atom. The van der Waals surface area contributed by atoms with Crippen LogP contribution in [0, 0.1) is 5.92 Å². The van der Waals surface area contributed by atoms with Gasteiger partial charge in [0.05, 0.1) is 6.04 Å². The molecule has 0 bridgehead atoms. The van der Waals surface area contributed by atoms with Crippen LogP contribution in [0.1, 0.15) is 25.8 Å². The smallest absolute Gasteiger partial charge is 0.326 e. The molecule has 0 aliphatic rings. The molecule has 198 valence electrons. The van der Waals surface area contributed by atoms with Gasteiger partial charge in [-0.3, -0.25) is 14.4 Å². The second kappa shape index (κ2) is 14.1. The van der Waals surface area contributed by atoms with Gasteiger partial charge in [-0.2, -0.15) is 24.4 Å². The number of para-hydroxylation sites is 1. The standard InChI is InChI=1S/C24H35N5O5S2/c1-13(2)20(29-21(30)16(25)8-9-36-3)23(32)28-19(12-35)22(31)27-18(24(33)34)10-14-11-26-17-7-5-4-6-15(14)17/h4-7,11,13,16,18-20,26,35H,8-10,12,25H2,1-3H3,(H,27,31)(H,28,32)(H,29,30)(H,33,34). The Morgan fingerprint density at radius 1 is 1.06 bits per heavy atom. The lowest BCUT2D eigenvalue weighted by atomic mass is 10.0. The van der Waals surface area contributed by atoms with Crippen LogP contribution < -0.4 is 21.7 Å². The van der Waals surface area contributed by atoms with E-state index in [-0.39, 0.29) is 18.1 Å². The molecular formula is C24H35N5O5S2. The van der Waals surface area contributed by atoms with Crippen LogP contribution in [-0.2, 0) is 25.6 Å². The van der Waals surface area contributed by atoms with Crippen molar-refractivity contribution in [3.05, 3.63) is 36.0 Å². The van der Waals surface area contributed by atoms with Gasteiger partial charge in [0.25, 0.3) is 0 Å². The molecule has 2 aromatic rings. The number of aliphatic carboxylic acids is 1. The summed E-state index contributed by atoms with van der Waals surface area (Å²) in [5, 5.41) is 18.3. The number of nitrogens with one attached hydrogen (secondary N) is 4. The summed E-state index contributed by atoms with van der Waals surface area (Å²) in [7, 11) is 0. The summed E-state index contributed by atoms with van der Waals surface area (Å²) < 4.78 is 0. The van der Waals surface area contributed by atoms with E-state index < -0.39 is 47.9 Å². The maximum atomic E-state index is 12.9. The van der Waals surface area contributed by atoms with Gasteiger partial charge in [0, 0.05) is 29.3 Å². The number of aromatic nitrogens is 1. The molecule has 10 nitrogen and oxygen atoms in total. The van der Waals surface area contributed by atoms with E-state index >= 15 is 0 Å². The first kappa shape index (κ1) is 29.5. The van der Waals surface area contributed by atoms with Gasteiger partial charge in [-0.15, -0.1) is 0 Å². The molecule has 12 heteroatoms. The first-order chi connectivity index (χ1) is 17.1. The van der Waals surface area contributed by atoms with Gasteiger partial charge in [0.1, 0.15) is 18.1 Å². The fourth-order valence-corrected chi connectivity index (χ4v) is 4.37. The van der Waals surface area contributed by atoms with Crippen molar-refractivity contribution in [1.29, 1.82) is 0 Å². The molecule has 1 aromatic carbocycles. The number of thiol groups is 1. The minimum absolute atomic E-state index is 0.0525. The fraction of sp³-hybridized carbons (Fsp3) is 0.500. The molecule has 0 fully saturated rings. The van der Waals surface area contributed by atoms with Gasteiger partial charge in [-0.05, 0) is 36.0 Å². The van der Waals surface area contributed by atoms with Crippen LogP contribution in [0.15, 0.2) is 30.5 Å². The third kappa shape index (κ3) is 8.17. The van der Waals surface area contributed by atoms with Crippen molar-refractivity contribution in [3.8, 4) is 0 Å². The zero-order valence-electron chi connectivity index (χ0n) is 20.6. The molecule has 0 aliphatic heterocycles. The minimum atomic E-state index is -1.22. The van der Waals surface area contributed by atoms with Crippen LogP contribution in [0.5, 0.6) is 0 Å². The summed E-state index contributed by atoms with van der Waals surface area (Å²) in [6.07, 6.45) is 4.14. The Balaban J connectivity index is 2.06. The maximum Gasteiger partial charge on any atom is 0.326 e. The molecule has 1 heterocycles. The lowest BCUT2D eigenvalue weighted by molar-refractivity contribution is -0.142. The van der Waals surface area contributed by atoms with E-state index in [0.29, 0.717) is 12.2 Å². The lowest BCUT2D eigenvalue weighted by Crippen LogP contribution is -2.59. The SMILES string of the molecule is CSCCC(N)C(=O)NC(C(=O)NC(CS)C(=O)NC(Cc1c[nH]c2ccccc12)C(=O)O)C(C)C. The molecule has 0 aliphatic carbocycles. The highest BCUT2D eigenvalue weighted by Gasteiger charge is 2.31. The number of carbonyl (C=O) groups excluding carboxylic acids is 3. The van der Waals surface area contributed by atoms with E-state index in [9.17, 15) is 24.3 Å². The predicted molar refractivity (Wildman–Crippen MR) is 145 cm³/mol. The summed E-state index contributed by atoms with van der Waals surface area (Å²) in [4.78, 5) is 53.3. The van der Waals surface area contributed by atoms with Gasteiger partial charge in [-0.1, -0.05) is 32.0 Å². The van der Waals surface area contributed by atoms with Crippen molar-refractivity contribution in [3.63, 3.8) is 0 Å². The third-order valence-corrected chi connectivity index (χ3v) is 6.75. The molecule has 4 unspecified atom stereocenters. The maximum absolute atomic E-state index is 12.9. The van der Waals surface area contributed by atoms with E-state index in [1.807, 2.05) is 30.5 Å². The Bertz CT molecular complexity index is 1060. The van der Waals surface area contributed by atoms with Gasteiger partial charge in [0.2, 0.25) is 17.7 Å². The molecule has 0 saturated carbocycles. The molecular weight excluding hydrogens is 502 g/mol. The van der Waals surface area contributed by atoms with Crippen LogP contribution in [0.4, 0.5) is 0 Å². The van der Waals surface area contributed by atoms with Crippen molar-refractivity contribution in [2.45, 2.75) is 50.9 Å². The highest BCUT2D eigenvalue weighted by molar-refractivity contribution is 7.98. The molecule has 1 aromatic heterocycles. The molecule has 2 rings (SSSR count). The van der Waals surface area contributed by atoms with Crippen molar-refractivity contribution in [2.24, 2.45) is 11.7 Å². The largest absolute Gasteiger partial charge is 0.480 e. The Morgan fingerprint density at radius 3 is 2.33 bits per heavy atom. The van der Waals surface area contributed by atoms with Gasteiger partial charge < -0.3 is 31.8 Å². The summed E-state index contributed by atoms with van der Waals surface area (Å²) in [6, 6.07) is 3.46. The highest BCUT2D eigenvalue weighted by Crippen LogP contribution is 2.19. The fourth-order valence-electron chi connectivity index (χ4n) is 3.62. The number of benzene rings is 1. The Kier molecular flexibility index (Phi) is 11.6. The van der Waals surface area contributed by atoms with Crippen LogP contribution in [-0.4, -0.2) is 75.7 Å². The summed E-state index contributed by atoms with van der Waals surface area (Å²) in [5.74, 6) is -2.55. The van der Waals surface area contributed by atoms with E-state index in [1.165, 1.54) is 0 Å². The summed E-state index contributed by atoms with van der Waals surface area (Å²) in [5.41, 5.74) is 7.51. The molecule has 4 atom stereocenters. The van der Waals surface area contributed by atoms with Crippen molar-refractivity contribution in [1.82, 2.24) is 20.9 Å². The third-order valence-electron chi connectivity index (χ3n) is 5.75. The number of carboxylic acids is 1. The molecule has 3 amide bonds. The lowest BCUT2D eigenvalue weighted by Gasteiger charge is -2.26. The van der Waals surface area contributed by atoms with Crippen molar-refractivity contribution >= 4 is 59.0 Å². The number of aromatic amines is 1. The number of H-pyrrole nitrogens is 1. The number of thioether (sulfide) groups is 1. The first-order valence-electron chi connectivity index (χ1n) is 11.6. The number of hydrogen-bond donors (Lipinski definition) is 7. The zero-order chi connectivity index (χ0) is 26.8. The first-order valence-corrected chi connectivity index (χ1v) is 13.7. The average molecular weight is 538 g/mol. The minimum Gasteiger partial charge on any atom is -0.480 e. The predicted octanol–water partition coefficient (Wildman–Crippen LogP) is 0.916. The average Bonchev–Trinajstić information content (AvgIpc) is 3.25. The van der Waals surface area contributed by atoms with Crippen molar-refractivity contribution in [2.75, 3.05) is 17.8 Å². The zero-order valence-corrected chi connectivity index (χ0v) is 22.3. The van der Waals surface area contributed by atoms with Crippen molar-refractivity contribution < 1.29 is 24.3 Å². The van der Waals surface area contributed by atoms with Crippen LogP contribution in [0.3, 0.4) is 0 Å². The highest BCUT2D eigenvalue weighted by atomic mass is 32.2. The number of carboxylic acid groups (broad SMARTS) is 1. The van der Waals surface area contributed by atoms with Crippen LogP contribution in [0.2, 0.25) is 0 Å². The number of rotatable bonds is 14. The van der Waals surface area contributed by atoms with Crippen LogP contribution in [0.25, 0.3) is 10.9 Å². The van der Waals surface area contributed by atoms with Gasteiger partial charge in [0.15, 0.2) is 0 Å². The van der Waals surface area contributed by atoms with E-state index in [0.717, 1.165) is 16.5 Å². The summed E-state index contributed by atoms with van der Waals surface area (Å²) >= 11 is 5.73. The number of hydrogen-bond acceptors (Lipinski definition) is 7. The molecule has 7 N–H and O–H groups in total. The second-order valence-electron chi connectivity index (χ2n) is 8.83. The summed E-state index contributed by atoms with van der Waals surface area (Å²) in [6.45, 7) is 3.52. The molecule has 0 saturated heterocycles. The monoisotopic (exact) mass is 537 g/mol. The van der Waals surface area contributed by atoms with E-state index in [2.05, 4.69) is 33.6 Å². The van der Waals surface area contributed by atoms with Gasteiger partial charge in [-0.25, -0.2) is 4.79 Å². The van der Waals surface area contributed by atoms with E-state index in [1.54, 1.807) is 31.8 Å². The normalized spacial score (nSPS) is 14.6.